The first-order valence-corrected chi connectivity index (χ1v) is 16.1. The van der Waals surface area contributed by atoms with Crippen LogP contribution in [-0.4, -0.2) is 18.0 Å². The van der Waals surface area contributed by atoms with E-state index in [4.69, 9.17) is 25.6 Å². The zero-order chi connectivity index (χ0) is 44.5. The van der Waals surface area contributed by atoms with Crippen LogP contribution in [0.2, 0.25) is 0 Å². The lowest BCUT2D eigenvalue weighted by Crippen LogP contribution is -2.39. The quantitative estimate of drug-likeness (QED) is 0.195. The van der Waals surface area contributed by atoms with E-state index in [0.717, 1.165) is 23.1 Å². The lowest BCUT2D eigenvalue weighted by Gasteiger charge is -2.35. The van der Waals surface area contributed by atoms with E-state index in [9.17, 15) is 0 Å². The summed E-state index contributed by atoms with van der Waals surface area (Å²) in [5.41, 5.74) is -1.47. The van der Waals surface area contributed by atoms with Crippen molar-refractivity contribution in [2.45, 2.75) is 61.5 Å². The molecule has 0 fully saturated rings. The molecule has 47 heavy (non-hydrogen) atoms. The van der Waals surface area contributed by atoms with Crippen molar-refractivity contribution in [1.29, 1.82) is 0 Å². The van der Waals surface area contributed by atoms with Crippen molar-refractivity contribution in [2.24, 2.45) is 4.99 Å². The number of allylic oxidation sites excluding steroid dienone is 2. The number of aryl methyl sites for hydroxylation is 3. The molecule has 2 atom stereocenters. The Hall–Kier alpha value is -4.80. The summed E-state index contributed by atoms with van der Waals surface area (Å²) in [5, 5.41) is 0. The molecule has 230 valence electrons. The molecule has 0 radical (unpaired) electrons. The van der Waals surface area contributed by atoms with Gasteiger partial charge in [0.15, 0.2) is 0 Å². The van der Waals surface area contributed by atoms with Crippen LogP contribution in [0.15, 0.2) is 136 Å². The number of aliphatic imine (C=N–C) groups is 1. The molecule has 0 amide bonds. The molecule has 4 heteroatoms. The number of hydrogen-bond acceptors (Lipinski definition) is 4. The Morgan fingerprint density at radius 3 is 2.23 bits per heavy atom. The second-order valence-corrected chi connectivity index (χ2v) is 13.1. The van der Waals surface area contributed by atoms with Crippen molar-refractivity contribution in [2.75, 3.05) is 9.80 Å². The van der Waals surface area contributed by atoms with Crippen LogP contribution in [-0.2, 0) is 5.41 Å². The number of nitrogens with zero attached hydrogens (tertiary/aromatic N) is 3. The zero-order valence-electron chi connectivity index (χ0n) is 40.0. The summed E-state index contributed by atoms with van der Waals surface area (Å²) in [5.74, 6) is 0.589. The fraction of sp³-hybridized carbons (Fsp3) is 0.186. The summed E-state index contributed by atoms with van der Waals surface area (Å²) >= 11 is 1.08. The van der Waals surface area contributed by atoms with Crippen molar-refractivity contribution in [1.82, 2.24) is 0 Å². The smallest absolute Gasteiger partial charge is 0.211 e. The molecule has 3 aliphatic heterocycles. The van der Waals surface area contributed by atoms with Gasteiger partial charge in [0, 0.05) is 41.5 Å². The van der Waals surface area contributed by atoms with Crippen LogP contribution >= 0.6 is 11.8 Å². The van der Waals surface area contributed by atoms with E-state index in [2.05, 4.69) is 11.0 Å². The predicted octanol–water partition coefficient (Wildman–Crippen LogP) is 10.9. The predicted molar refractivity (Wildman–Crippen MR) is 199 cm³/mol. The highest BCUT2D eigenvalue weighted by Gasteiger charge is 2.44. The lowest BCUT2D eigenvalue weighted by molar-refractivity contribution is 0.608. The molecule has 0 saturated carbocycles. The first-order chi connectivity index (χ1) is 28.9. The molecule has 0 spiro atoms. The Balaban J connectivity index is 1.27. The van der Waals surface area contributed by atoms with Crippen molar-refractivity contribution < 1.29 is 20.6 Å². The number of benzene rings is 5. The molecule has 3 heterocycles. The normalized spacial score (nSPS) is 25.6. The van der Waals surface area contributed by atoms with E-state index in [1.165, 1.54) is 48.5 Å². The highest BCUT2D eigenvalue weighted by molar-refractivity contribution is 7.99. The van der Waals surface area contributed by atoms with Crippen LogP contribution in [0.4, 0.5) is 17.1 Å². The minimum absolute atomic E-state index is 0.0172. The Bertz CT molecular complexity index is 2740. The summed E-state index contributed by atoms with van der Waals surface area (Å²) in [6, 6.07) is 25.1. The van der Waals surface area contributed by atoms with Gasteiger partial charge in [-0.15, -0.1) is 0 Å². The number of para-hydroxylation sites is 2. The number of guanidine groups is 1. The summed E-state index contributed by atoms with van der Waals surface area (Å²) < 4.78 is 131. The van der Waals surface area contributed by atoms with Gasteiger partial charge < -0.3 is 4.90 Å². The average Bonchev–Trinajstić information content (AvgIpc) is 3.71. The van der Waals surface area contributed by atoms with Crippen LogP contribution in [0.25, 0.3) is 22.3 Å². The molecule has 2 unspecified atom stereocenters. The SMILES string of the molecule is [2H]C([2H])([2H])c1cc(N2C3=NC4C=CC=CC4N3c3ccccc32)ccc1-c1cc(C([2H])([2H])[2H])c(-c2cccc3c2Sc2ccccc2C3(C([2H])([2H])[2H])C([2H])([2H])[2H])cc1C([2H])([2H])[2H]. The maximum Gasteiger partial charge on any atom is 0.211 e. The van der Waals surface area contributed by atoms with Crippen molar-refractivity contribution in [3.8, 4) is 22.3 Å². The van der Waals surface area contributed by atoms with Gasteiger partial charge in [0.05, 0.1) is 23.5 Å². The highest BCUT2D eigenvalue weighted by Crippen LogP contribution is 2.53. The lowest BCUT2D eigenvalue weighted by atomic mass is 9.76. The fourth-order valence-electron chi connectivity index (χ4n) is 7.15. The van der Waals surface area contributed by atoms with Gasteiger partial charge in [0.25, 0.3) is 0 Å². The Labute approximate surface area is 303 Å². The van der Waals surface area contributed by atoms with Crippen LogP contribution in [0.1, 0.15) is 62.1 Å². The number of hydrogen-bond donors (Lipinski definition) is 0. The number of anilines is 3. The van der Waals surface area contributed by atoms with Gasteiger partial charge in [-0.2, -0.15) is 0 Å². The minimum atomic E-state index is -3.12. The molecule has 0 aromatic heterocycles. The summed E-state index contributed by atoms with van der Waals surface area (Å²) in [4.78, 5) is 9.46. The van der Waals surface area contributed by atoms with Crippen LogP contribution in [0.5, 0.6) is 0 Å². The van der Waals surface area contributed by atoms with Crippen molar-refractivity contribution in [3.05, 3.63) is 149 Å². The van der Waals surface area contributed by atoms with E-state index >= 15 is 0 Å². The van der Waals surface area contributed by atoms with E-state index < -0.39 is 39.7 Å². The third-order valence-electron chi connectivity index (χ3n) is 9.36. The van der Waals surface area contributed by atoms with Gasteiger partial charge in [-0.3, -0.25) is 4.90 Å². The monoisotopic (exact) mass is 642 g/mol. The second kappa shape index (κ2) is 10.4. The largest absolute Gasteiger partial charge is 0.300 e. The van der Waals surface area contributed by atoms with E-state index in [1.807, 2.05) is 47.4 Å². The minimum Gasteiger partial charge on any atom is -0.300 e. The van der Waals surface area contributed by atoms with Crippen molar-refractivity contribution in [3.63, 3.8) is 0 Å². The molecule has 3 nitrogen and oxygen atoms in total. The Morgan fingerprint density at radius 2 is 1.40 bits per heavy atom. The molecule has 9 rings (SSSR count). The summed E-state index contributed by atoms with van der Waals surface area (Å²) in [6.07, 6.45) is 7.94. The molecule has 5 aromatic carbocycles. The highest BCUT2D eigenvalue weighted by atomic mass is 32.2. The van der Waals surface area contributed by atoms with Gasteiger partial charge in [0.1, 0.15) is 0 Å². The first-order valence-electron chi connectivity index (χ1n) is 22.8. The van der Waals surface area contributed by atoms with Crippen LogP contribution in [0, 0.1) is 20.6 Å². The number of rotatable bonds is 3. The van der Waals surface area contributed by atoms with Gasteiger partial charge in [-0.05, 0) is 101 Å². The maximum atomic E-state index is 8.77. The van der Waals surface area contributed by atoms with E-state index in [1.54, 1.807) is 24.3 Å². The van der Waals surface area contributed by atoms with Crippen LogP contribution < -0.4 is 9.80 Å². The van der Waals surface area contributed by atoms with E-state index in [0.29, 0.717) is 16.5 Å². The summed E-state index contributed by atoms with van der Waals surface area (Å²) in [7, 11) is 0. The fourth-order valence-corrected chi connectivity index (χ4v) is 8.47. The van der Waals surface area contributed by atoms with Gasteiger partial charge in [-0.1, -0.05) is 116 Å². The molecular weight excluding hydrogens is 591 g/mol. The molecule has 4 aliphatic rings. The molecular formula is C43H37N3S. The van der Waals surface area contributed by atoms with Gasteiger partial charge in [0.2, 0.25) is 5.96 Å². The standard InChI is InChI=1S/C43H37N3S/c1-26-23-29(45-38-18-9-10-19-39(38)46-37-17-8-7-16-36(37)44-42(45)46)21-22-30(26)32-24-28(3)33(25-27(32)2)31-13-12-15-35-41(31)47-40-20-11-6-14-34(40)43(35,4)5/h6-25,36-37H,1-5H3/i1D3,2D3,3D3,4D3,5D3. The molecule has 1 aliphatic carbocycles. The Morgan fingerprint density at radius 1 is 0.681 bits per heavy atom. The molecule has 0 N–H and O–H groups in total. The third kappa shape index (κ3) is 4.17. The maximum absolute atomic E-state index is 8.77. The number of fused-ring (bicyclic) bond motifs is 7. The average molecular weight is 643 g/mol. The first kappa shape index (κ1) is 16.9. The van der Waals surface area contributed by atoms with Crippen molar-refractivity contribution >= 4 is 34.8 Å². The van der Waals surface area contributed by atoms with E-state index in [-0.39, 0.29) is 67.1 Å². The Kier molecular flexibility index (Phi) is 3.71. The van der Waals surface area contributed by atoms with Gasteiger partial charge >= 0.3 is 0 Å². The third-order valence-corrected chi connectivity index (χ3v) is 10.6. The topological polar surface area (TPSA) is 18.8 Å². The zero-order valence-corrected chi connectivity index (χ0v) is 25.8. The molecule has 5 aromatic rings. The van der Waals surface area contributed by atoms with Crippen LogP contribution in [0.3, 0.4) is 0 Å². The molecule has 0 bridgehead atoms. The molecule has 0 saturated heterocycles. The second-order valence-electron chi connectivity index (χ2n) is 12.1. The summed E-state index contributed by atoms with van der Waals surface area (Å²) in [6.45, 7) is -14.9. The van der Waals surface area contributed by atoms with Gasteiger partial charge in [-0.25, -0.2) is 4.99 Å².